The van der Waals surface area contributed by atoms with Crippen LogP contribution in [-0.4, -0.2) is 17.0 Å². The Morgan fingerprint density at radius 2 is 1.91 bits per heavy atom. The van der Waals surface area contributed by atoms with E-state index in [4.69, 9.17) is 0 Å². The molecule has 0 radical (unpaired) electrons. The molecule has 22 heavy (non-hydrogen) atoms. The van der Waals surface area contributed by atoms with E-state index in [-0.39, 0.29) is 10.8 Å². The maximum atomic E-state index is 11.9. The molecule has 2 nitrogen and oxygen atoms in total. The van der Waals surface area contributed by atoms with E-state index in [2.05, 4.69) is 33.8 Å². The molecule has 0 saturated heterocycles. The smallest absolute Gasteiger partial charge is 0.152 e. The summed E-state index contributed by atoms with van der Waals surface area (Å²) in [6.07, 6.45) is 11.3. The number of hydrogen-bond acceptors (Lipinski definition) is 2. The molecule has 0 amide bonds. The summed E-state index contributed by atoms with van der Waals surface area (Å²) in [7, 11) is 0. The van der Waals surface area contributed by atoms with Gasteiger partial charge in [-0.25, -0.2) is 0 Å². The van der Waals surface area contributed by atoms with E-state index in [9.17, 15) is 9.90 Å². The Labute approximate surface area is 135 Å². The highest BCUT2D eigenvalue weighted by Gasteiger charge is 2.67. The second kappa shape index (κ2) is 4.93. The van der Waals surface area contributed by atoms with Gasteiger partial charge in [0.1, 0.15) is 5.60 Å². The van der Waals surface area contributed by atoms with Crippen molar-refractivity contribution in [2.24, 2.45) is 22.2 Å². The highest BCUT2D eigenvalue weighted by molar-refractivity contribution is 5.65. The summed E-state index contributed by atoms with van der Waals surface area (Å²) in [5.74, 6) is 0.612. The molecule has 0 unspecified atom stereocenters. The van der Waals surface area contributed by atoms with Gasteiger partial charge in [0.15, 0.2) is 6.29 Å². The maximum Gasteiger partial charge on any atom is 0.152 e. The molecule has 124 valence electrons. The van der Waals surface area contributed by atoms with Crippen LogP contribution in [0.4, 0.5) is 0 Å². The van der Waals surface area contributed by atoms with Crippen molar-refractivity contribution in [3.8, 4) is 0 Å². The lowest BCUT2D eigenvalue weighted by Gasteiger charge is -2.67. The van der Waals surface area contributed by atoms with Gasteiger partial charge < -0.3 is 9.90 Å². The van der Waals surface area contributed by atoms with Gasteiger partial charge in [-0.2, -0.15) is 0 Å². The van der Waals surface area contributed by atoms with Crippen LogP contribution < -0.4 is 0 Å². The topological polar surface area (TPSA) is 37.3 Å². The van der Waals surface area contributed by atoms with Crippen LogP contribution in [0, 0.1) is 22.2 Å². The molecule has 2 saturated carbocycles. The van der Waals surface area contributed by atoms with Crippen molar-refractivity contribution in [3.63, 3.8) is 0 Å². The number of allylic oxidation sites excluding steroid dienone is 2. The van der Waals surface area contributed by atoms with E-state index >= 15 is 0 Å². The molecule has 0 bridgehead atoms. The Bertz CT molecular complexity index is 506. The predicted molar refractivity (Wildman–Crippen MR) is 89.5 cm³/mol. The van der Waals surface area contributed by atoms with Crippen LogP contribution in [-0.2, 0) is 4.79 Å². The Morgan fingerprint density at radius 3 is 2.50 bits per heavy atom. The lowest BCUT2D eigenvalue weighted by molar-refractivity contribution is -0.228. The molecule has 0 aromatic rings. The first-order valence-corrected chi connectivity index (χ1v) is 9.05. The zero-order valence-electron chi connectivity index (χ0n) is 14.7. The first-order valence-electron chi connectivity index (χ1n) is 9.05. The van der Waals surface area contributed by atoms with E-state index in [0.29, 0.717) is 17.8 Å². The standard InChI is InChI=1S/C20H32O2/c1-15-6-11-19(12-7-15)18(4)10-5-9-17(2,3)16(18)8-13-20(19,22)14-21/h6,14,16,22H,5,7-13H2,1-4H3/t16-,18-,19+,20+/m0/s1. The summed E-state index contributed by atoms with van der Waals surface area (Å²) in [5.41, 5.74) is 0.407. The fraction of sp³-hybridized carbons (Fsp3) is 0.850. The van der Waals surface area contributed by atoms with Crippen molar-refractivity contribution in [2.75, 3.05) is 0 Å². The van der Waals surface area contributed by atoms with E-state index in [1.165, 1.54) is 18.4 Å². The van der Waals surface area contributed by atoms with Gasteiger partial charge in [-0.15, -0.1) is 0 Å². The summed E-state index contributed by atoms with van der Waals surface area (Å²) in [5, 5.41) is 11.3. The molecule has 0 aliphatic heterocycles. The molecule has 4 atom stereocenters. The van der Waals surface area contributed by atoms with Gasteiger partial charge in [0.2, 0.25) is 0 Å². The van der Waals surface area contributed by atoms with Crippen LogP contribution in [0.2, 0.25) is 0 Å². The van der Waals surface area contributed by atoms with Crippen LogP contribution in [0.1, 0.15) is 79.1 Å². The fourth-order valence-electron chi connectivity index (χ4n) is 6.55. The van der Waals surface area contributed by atoms with Crippen molar-refractivity contribution >= 4 is 6.29 Å². The van der Waals surface area contributed by atoms with Gasteiger partial charge >= 0.3 is 0 Å². The number of fused-ring (bicyclic) bond motifs is 2. The molecular formula is C20H32O2. The fourth-order valence-corrected chi connectivity index (χ4v) is 6.55. The van der Waals surface area contributed by atoms with Crippen LogP contribution >= 0.6 is 0 Å². The maximum absolute atomic E-state index is 11.9. The lowest BCUT2D eigenvalue weighted by atomic mass is 9.37. The van der Waals surface area contributed by atoms with Crippen molar-refractivity contribution < 1.29 is 9.90 Å². The first-order chi connectivity index (χ1) is 10.2. The highest BCUT2D eigenvalue weighted by atomic mass is 16.3. The predicted octanol–water partition coefficient (Wildman–Crippen LogP) is 4.66. The van der Waals surface area contributed by atoms with Gasteiger partial charge in [-0.3, -0.25) is 0 Å². The third-order valence-corrected chi connectivity index (χ3v) is 7.91. The van der Waals surface area contributed by atoms with Crippen LogP contribution in [0.15, 0.2) is 11.6 Å². The van der Waals surface area contributed by atoms with E-state index in [0.717, 1.165) is 38.4 Å². The van der Waals surface area contributed by atoms with Gasteiger partial charge in [0.05, 0.1) is 0 Å². The molecule has 1 N–H and O–H groups in total. The molecule has 2 fully saturated rings. The SMILES string of the molecule is CC1=CC[C@@]2(CC1)[C@@]1(C)CCCC(C)(C)[C@@H]1CC[C@@]2(O)C=O. The van der Waals surface area contributed by atoms with Gasteiger partial charge in [0, 0.05) is 5.41 Å². The minimum absolute atomic E-state index is 0.0693. The molecule has 1 spiro atoms. The van der Waals surface area contributed by atoms with Gasteiger partial charge in [-0.05, 0) is 68.6 Å². The molecule has 3 aliphatic carbocycles. The Morgan fingerprint density at radius 1 is 1.18 bits per heavy atom. The van der Waals surface area contributed by atoms with Crippen molar-refractivity contribution in [1.29, 1.82) is 0 Å². The Hall–Kier alpha value is -0.630. The van der Waals surface area contributed by atoms with Crippen molar-refractivity contribution in [2.45, 2.75) is 84.7 Å². The average Bonchev–Trinajstić information content (AvgIpc) is 2.45. The third kappa shape index (κ3) is 1.92. The largest absolute Gasteiger partial charge is 0.382 e. The summed E-state index contributed by atoms with van der Waals surface area (Å²) in [6, 6.07) is 0. The third-order valence-electron chi connectivity index (χ3n) is 7.91. The number of carbonyl (C=O) groups is 1. The second-order valence-electron chi connectivity index (χ2n) is 9.23. The minimum atomic E-state index is -1.14. The highest BCUT2D eigenvalue weighted by Crippen LogP contribution is 2.70. The molecule has 0 aromatic heterocycles. The average molecular weight is 304 g/mol. The number of aliphatic hydroxyl groups is 1. The van der Waals surface area contributed by atoms with Crippen molar-refractivity contribution in [3.05, 3.63) is 11.6 Å². The van der Waals surface area contributed by atoms with Crippen LogP contribution in [0.25, 0.3) is 0 Å². The first kappa shape index (κ1) is 16.2. The normalized spacial score (nSPS) is 47.7. The number of aldehydes is 1. The van der Waals surface area contributed by atoms with E-state index in [1.807, 2.05) is 0 Å². The van der Waals surface area contributed by atoms with Gasteiger partial charge in [-0.1, -0.05) is 38.8 Å². The molecule has 0 aromatic carbocycles. The summed E-state index contributed by atoms with van der Waals surface area (Å²) in [4.78, 5) is 11.9. The molecule has 0 heterocycles. The lowest BCUT2D eigenvalue weighted by Crippen LogP contribution is -2.67. The Balaban J connectivity index is 2.13. The van der Waals surface area contributed by atoms with Crippen LogP contribution in [0.3, 0.4) is 0 Å². The summed E-state index contributed by atoms with van der Waals surface area (Å²) >= 11 is 0. The monoisotopic (exact) mass is 304 g/mol. The second-order valence-corrected chi connectivity index (χ2v) is 9.23. The van der Waals surface area contributed by atoms with Crippen LogP contribution in [0.5, 0.6) is 0 Å². The molecule has 2 heteroatoms. The van der Waals surface area contributed by atoms with Crippen molar-refractivity contribution in [1.82, 2.24) is 0 Å². The quantitative estimate of drug-likeness (QED) is 0.565. The minimum Gasteiger partial charge on any atom is -0.382 e. The van der Waals surface area contributed by atoms with E-state index < -0.39 is 5.60 Å². The zero-order valence-corrected chi connectivity index (χ0v) is 14.7. The summed E-state index contributed by atoms with van der Waals surface area (Å²) < 4.78 is 0. The summed E-state index contributed by atoms with van der Waals surface area (Å²) in [6.45, 7) is 9.37. The molecule has 3 aliphatic rings. The zero-order chi connectivity index (χ0) is 16.2. The molecular weight excluding hydrogens is 272 g/mol. The molecule has 3 rings (SSSR count). The van der Waals surface area contributed by atoms with Gasteiger partial charge in [0.25, 0.3) is 0 Å². The van der Waals surface area contributed by atoms with E-state index in [1.54, 1.807) is 0 Å². The number of rotatable bonds is 1. The Kier molecular flexibility index (Phi) is 3.64. The number of carbonyl (C=O) groups excluding carboxylic acids is 1. The number of hydrogen-bond donors (Lipinski definition) is 1.